The smallest absolute Gasteiger partial charge is 0.192 e. The summed E-state index contributed by atoms with van der Waals surface area (Å²) in [6, 6.07) is 0. The summed E-state index contributed by atoms with van der Waals surface area (Å²) in [4.78, 5) is 0. The molecule has 6 heteroatoms. The largest absolute Gasteiger partial charge is 0.413 e. The molecular formula is C21H44O4Si2. The van der Waals surface area contributed by atoms with Crippen LogP contribution in [0.1, 0.15) is 48.5 Å². The molecule has 1 rings (SSSR count). The van der Waals surface area contributed by atoms with Crippen LogP contribution in [0.15, 0.2) is 12.2 Å². The van der Waals surface area contributed by atoms with Crippen molar-refractivity contribution in [3.8, 4) is 0 Å². The maximum absolute atomic E-state index is 9.44. The summed E-state index contributed by atoms with van der Waals surface area (Å²) in [5, 5.41) is 9.80. The molecule has 0 bridgehead atoms. The second kappa shape index (κ2) is 8.80. The first-order valence-electron chi connectivity index (χ1n) is 10.3. The van der Waals surface area contributed by atoms with Crippen LogP contribution in [-0.2, 0) is 13.6 Å². The van der Waals surface area contributed by atoms with Gasteiger partial charge in [-0.25, -0.2) is 0 Å². The summed E-state index contributed by atoms with van der Waals surface area (Å²) in [6.45, 7) is 25.5. The Hall–Kier alpha value is 0.0138. The van der Waals surface area contributed by atoms with Gasteiger partial charge in [0.15, 0.2) is 16.6 Å². The zero-order chi connectivity index (χ0) is 21.3. The van der Waals surface area contributed by atoms with Crippen LogP contribution in [0.4, 0.5) is 0 Å². The van der Waals surface area contributed by atoms with E-state index in [2.05, 4.69) is 86.8 Å². The lowest BCUT2D eigenvalue weighted by molar-refractivity contribution is 0.111. The third-order valence-electron chi connectivity index (χ3n) is 6.67. The summed E-state index contributed by atoms with van der Waals surface area (Å²) < 4.78 is 18.6. The third kappa shape index (κ3) is 6.79. The average molecular weight is 417 g/mol. The van der Waals surface area contributed by atoms with Crippen molar-refractivity contribution >= 4 is 16.6 Å². The first-order valence-corrected chi connectivity index (χ1v) is 16.1. The van der Waals surface area contributed by atoms with Crippen molar-refractivity contribution in [2.45, 2.75) is 103 Å². The number of aliphatic hydroxyl groups is 1. The van der Waals surface area contributed by atoms with Crippen molar-refractivity contribution in [2.24, 2.45) is 5.92 Å². The molecule has 4 nitrogen and oxygen atoms in total. The molecule has 1 aliphatic rings. The lowest BCUT2D eigenvalue weighted by atomic mass is 10.00. The molecule has 0 unspecified atom stereocenters. The van der Waals surface area contributed by atoms with Crippen molar-refractivity contribution in [1.82, 2.24) is 0 Å². The van der Waals surface area contributed by atoms with Crippen molar-refractivity contribution in [3.63, 3.8) is 0 Å². The second-order valence-electron chi connectivity index (χ2n) is 11.0. The van der Waals surface area contributed by atoms with E-state index in [1.165, 1.54) is 0 Å². The summed E-state index contributed by atoms with van der Waals surface area (Å²) in [5.41, 5.74) is 0. The van der Waals surface area contributed by atoms with Crippen LogP contribution in [0.25, 0.3) is 0 Å². The van der Waals surface area contributed by atoms with Gasteiger partial charge in [0.2, 0.25) is 0 Å². The van der Waals surface area contributed by atoms with Gasteiger partial charge in [0.25, 0.3) is 0 Å². The van der Waals surface area contributed by atoms with Crippen LogP contribution in [0.5, 0.6) is 0 Å². The maximum atomic E-state index is 9.44. The Morgan fingerprint density at radius 3 is 1.93 bits per heavy atom. The Balaban J connectivity index is 2.76. The van der Waals surface area contributed by atoms with Gasteiger partial charge in [0, 0.05) is 5.92 Å². The topological polar surface area (TPSA) is 51.2 Å². The molecule has 0 aromatic heterocycles. The molecule has 0 aromatic rings. The maximum Gasteiger partial charge on any atom is 0.192 e. The molecule has 0 spiro atoms. The van der Waals surface area contributed by atoms with Gasteiger partial charge in [-0.1, -0.05) is 60.6 Å². The fourth-order valence-corrected chi connectivity index (χ4v) is 4.76. The molecule has 0 aromatic carbocycles. The van der Waals surface area contributed by atoms with Crippen LogP contribution in [0.3, 0.4) is 0 Å². The highest BCUT2D eigenvalue weighted by atomic mass is 28.4. The van der Waals surface area contributed by atoms with Gasteiger partial charge in [0.05, 0.1) is 19.3 Å². The van der Waals surface area contributed by atoms with E-state index in [9.17, 15) is 5.11 Å². The van der Waals surface area contributed by atoms with E-state index in [0.29, 0.717) is 6.61 Å². The number of hydrogen-bond acceptors (Lipinski definition) is 4. The minimum absolute atomic E-state index is 0.00918. The van der Waals surface area contributed by atoms with Crippen LogP contribution in [-0.4, -0.2) is 53.3 Å². The lowest BCUT2D eigenvalue weighted by Crippen LogP contribution is -2.47. The average Bonchev–Trinajstić information content (AvgIpc) is 3.26. The molecule has 1 fully saturated rings. The minimum Gasteiger partial charge on any atom is -0.413 e. The number of ether oxygens (including phenoxy) is 1. The monoisotopic (exact) mass is 416 g/mol. The van der Waals surface area contributed by atoms with Gasteiger partial charge in [-0.15, -0.1) is 0 Å². The van der Waals surface area contributed by atoms with Crippen LogP contribution >= 0.6 is 0 Å². The number of rotatable bonds is 9. The number of epoxide rings is 1. The van der Waals surface area contributed by atoms with Gasteiger partial charge >= 0.3 is 0 Å². The predicted octanol–water partition coefficient (Wildman–Crippen LogP) is 5.35. The molecule has 1 N–H and O–H groups in total. The number of hydrogen-bond donors (Lipinski definition) is 1. The zero-order valence-electron chi connectivity index (χ0n) is 19.6. The molecule has 1 saturated heterocycles. The Labute approximate surface area is 169 Å². The Morgan fingerprint density at radius 1 is 1.00 bits per heavy atom. The van der Waals surface area contributed by atoms with E-state index in [4.69, 9.17) is 13.6 Å². The first kappa shape index (κ1) is 25.1. The van der Waals surface area contributed by atoms with Gasteiger partial charge < -0.3 is 18.7 Å². The van der Waals surface area contributed by atoms with Gasteiger partial charge in [-0.3, -0.25) is 0 Å². The zero-order valence-corrected chi connectivity index (χ0v) is 21.6. The predicted molar refractivity (Wildman–Crippen MR) is 119 cm³/mol. The summed E-state index contributed by atoms with van der Waals surface area (Å²) in [6.07, 6.45) is 4.21. The molecule has 160 valence electrons. The quantitative estimate of drug-likeness (QED) is 0.313. The molecular weight excluding hydrogens is 372 g/mol. The van der Waals surface area contributed by atoms with E-state index in [-0.39, 0.29) is 40.9 Å². The molecule has 0 saturated carbocycles. The SMILES string of the molecule is C[C@@H](/C=C\CO[Si](C)(C)C(C)(C)C)[C@@H](O[Si](C)(C)C(C)(C)C)[C@H]1O[C@@H]1CO. The van der Waals surface area contributed by atoms with Crippen molar-refractivity contribution in [3.05, 3.63) is 12.2 Å². The summed E-state index contributed by atoms with van der Waals surface area (Å²) in [5.74, 6) is 0.212. The number of aliphatic hydroxyl groups excluding tert-OH is 1. The first-order chi connectivity index (χ1) is 12.0. The highest BCUT2D eigenvalue weighted by Crippen LogP contribution is 2.41. The summed E-state index contributed by atoms with van der Waals surface area (Å²) in [7, 11) is -3.64. The standard InChI is InChI=1S/C21H44O4Si2/c1-16(13-12-14-23-26(8,9)20(2,3)4)18(19-17(15-22)24-19)25-27(10,11)21(5,6)7/h12-13,16-19,22H,14-15H2,1-11H3/b13-12-/t16-,17+,18+,19-/m0/s1. The highest BCUT2D eigenvalue weighted by molar-refractivity contribution is 6.74. The fourth-order valence-electron chi connectivity index (χ4n) is 2.44. The Kier molecular flexibility index (Phi) is 8.16. The van der Waals surface area contributed by atoms with E-state index in [1.807, 2.05) is 0 Å². The molecule has 0 radical (unpaired) electrons. The normalized spacial score (nSPS) is 24.3. The van der Waals surface area contributed by atoms with Crippen LogP contribution in [0, 0.1) is 5.92 Å². The lowest BCUT2D eigenvalue weighted by Gasteiger charge is -2.40. The summed E-state index contributed by atoms with van der Waals surface area (Å²) >= 11 is 0. The molecule has 4 atom stereocenters. The minimum atomic E-state index is -1.92. The van der Waals surface area contributed by atoms with Crippen molar-refractivity contribution < 1.29 is 18.7 Å². The van der Waals surface area contributed by atoms with E-state index >= 15 is 0 Å². The molecule has 0 amide bonds. The fraction of sp³-hybridized carbons (Fsp3) is 0.905. The second-order valence-corrected chi connectivity index (χ2v) is 20.6. The van der Waals surface area contributed by atoms with E-state index in [0.717, 1.165) is 0 Å². The van der Waals surface area contributed by atoms with Gasteiger partial charge in [0.1, 0.15) is 12.2 Å². The Bertz CT molecular complexity index is 503. The van der Waals surface area contributed by atoms with Crippen molar-refractivity contribution in [2.75, 3.05) is 13.2 Å². The van der Waals surface area contributed by atoms with Gasteiger partial charge in [-0.2, -0.15) is 0 Å². The molecule has 1 aliphatic heterocycles. The van der Waals surface area contributed by atoms with E-state index in [1.54, 1.807) is 0 Å². The van der Waals surface area contributed by atoms with Gasteiger partial charge in [-0.05, 0) is 36.3 Å². The van der Waals surface area contributed by atoms with Crippen LogP contribution in [0.2, 0.25) is 36.3 Å². The Morgan fingerprint density at radius 2 is 1.52 bits per heavy atom. The highest BCUT2D eigenvalue weighted by Gasteiger charge is 2.50. The van der Waals surface area contributed by atoms with Crippen LogP contribution < -0.4 is 0 Å². The third-order valence-corrected chi connectivity index (χ3v) is 15.6. The van der Waals surface area contributed by atoms with Crippen molar-refractivity contribution in [1.29, 1.82) is 0 Å². The van der Waals surface area contributed by atoms with E-state index < -0.39 is 16.6 Å². The molecule has 0 aliphatic carbocycles. The molecule has 1 heterocycles. The molecule has 27 heavy (non-hydrogen) atoms.